The number of halogens is 3. The number of aliphatic hydroxyl groups excluding tert-OH is 1. The highest BCUT2D eigenvalue weighted by atomic mass is 35.5. The molecule has 3 atom stereocenters. The summed E-state index contributed by atoms with van der Waals surface area (Å²) < 4.78 is 33.7. The van der Waals surface area contributed by atoms with E-state index >= 15 is 0 Å². The molecule has 4 aromatic rings. The highest BCUT2D eigenvalue weighted by Crippen LogP contribution is 2.35. The Kier molecular flexibility index (Phi) is 6.06. The Morgan fingerprint density at radius 2 is 2.03 bits per heavy atom. The summed E-state index contributed by atoms with van der Waals surface area (Å²) in [5, 5.41) is 18.7. The largest absolute Gasteiger partial charge is 0.378 e. The predicted octanol–water partition coefficient (Wildman–Crippen LogP) is 4.72. The van der Waals surface area contributed by atoms with Gasteiger partial charge in [0.15, 0.2) is 17.7 Å². The van der Waals surface area contributed by atoms with Gasteiger partial charge in [-0.05, 0) is 62.4 Å². The minimum atomic E-state index is -1.65. The zero-order valence-electron chi connectivity index (χ0n) is 18.7. The van der Waals surface area contributed by atoms with Gasteiger partial charge in [0.25, 0.3) is 11.5 Å². The van der Waals surface area contributed by atoms with Gasteiger partial charge in [-0.2, -0.15) is 0 Å². The number of nitrogens with zero attached hydrogens (tertiary/aromatic N) is 2. The van der Waals surface area contributed by atoms with Gasteiger partial charge in [-0.1, -0.05) is 28.9 Å². The Hall–Kier alpha value is -3.30. The highest BCUT2D eigenvalue weighted by Gasteiger charge is 2.30. The molecule has 2 N–H and O–H groups in total. The normalized spacial score (nSPS) is 19.2. The molecule has 1 aliphatic rings. The summed E-state index contributed by atoms with van der Waals surface area (Å²) in [5.74, 6) is -2.52. The summed E-state index contributed by atoms with van der Waals surface area (Å²) in [4.78, 5) is 26.2. The maximum atomic E-state index is 13.5. The molecule has 1 fully saturated rings. The highest BCUT2D eigenvalue weighted by molar-refractivity contribution is 6.37. The lowest BCUT2D eigenvalue weighted by atomic mass is 9.90. The van der Waals surface area contributed by atoms with E-state index in [0.717, 1.165) is 24.6 Å². The molecule has 1 unspecified atom stereocenters. The Morgan fingerprint density at radius 1 is 1.23 bits per heavy atom. The van der Waals surface area contributed by atoms with Crippen LogP contribution in [0.2, 0.25) is 5.02 Å². The Bertz CT molecular complexity index is 1520. The van der Waals surface area contributed by atoms with E-state index in [1.54, 1.807) is 29.7 Å². The average molecular weight is 502 g/mol. The predicted molar refractivity (Wildman–Crippen MR) is 126 cm³/mol. The van der Waals surface area contributed by atoms with E-state index in [1.165, 1.54) is 0 Å². The van der Waals surface area contributed by atoms with Crippen LogP contribution in [0.15, 0.2) is 45.7 Å². The van der Waals surface area contributed by atoms with Crippen molar-refractivity contribution in [3.8, 4) is 0 Å². The molecule has 7 nitrogen and oxygen atoms in total. The number of aliphatic hydroxyl groups is 1. The lowest BCUT2D eigenvalue weighted by Gasteiger charge is -2.32. The van der Waals surface area contributed by atoms with Crippen LogP contribution in [0.1, 0.15) is 49.2 Å². The van der Waals surface area contributed by atoms with E-state index in [4.69, 9.17) is 16.1 Å². The van der Waals surface area contributed by atoms with E-state index in [0.29, 0.717) is 51.9 Å². The van der Waals surface area contributed by atoms with Crippen LogP contribution in [0, 0.1) is 18.6 Å². The van der Waals surface area contributed by atoms with Gasteiger partial charge in [0.05, 0.1) is 10.5 Å². The number of carbonyl (C=O) groups is 1. The first-order chi connectivity index (χ1) is 16.8. The van der Waals surface area contributed by atoms with Crippen molar-refractivity contribution in [3.05, 3.63) is 74.7 Å². The standard InChI is InChI=1S/C25H22ClF2N3O4/c1-12-20-22(30-35-12)21-16(26)6-3-7-19(21)31(25(20)34)15-5-2-4-14(11-15)29-24(33)23(32)13-8-9-17(27)18(28)10-13/h3,6-10,14-15,23,32H,2,4-5,11H2,1H3,(H,29,33)/t14-,15+,23?/m0/s1. The Balaban J connectivity index is 1.45. The van der Waals surface area contributed by atoms with Gasteiger partial charge in [-0.3, -0.25) is 9.59 Å². The van der Waals surface area contributed by atoms with Crippen molar-refractivity contribution in [2.75, 3.05) is 0 Å². The number of benzene rings is 2. The molecule has 0 saturated heterocycles. The molecule has 1 aliphatic carbocycles. The summed E-state index contributed by atoms with van der Waals surface area (Å²) in [5.41, 5.74) is 0.757. The SMILES string of the molecule is Cc1onc2c1c(=O)n([C@@H]1CCC[C@H](NC(=O)C(O)c3ccc(F)c(F)c3)C1)c1cccc(Cl)c21. The van der Waals surface area contributed by atoms with Gasteiger partial charge < -0.3 is 19.5 Å². The lowest BCUT2D eigenvalue weighted by Crippen LogP contribution is -2.42. The topological polar surface area (TPSA) is 97.4 Å². The van der Waals surface area contributed by atoms with Crippen LogP contribution in [-0.4, -0.2) is 26.8 Å². The van der Waals surface area contributed by atoms with Crippen molar-refractivity contribution < 1.29 is 23.2 Å². The van der Waals surface area contributed by atoms with Gasteiger partial charge in [0, 0.05) is 17.5 Å². The van der Waals surface area contributed by atoms with Crippen molar-refractivity contribution in [2.45, 2.75) is 50.8 Å². The molecule has 182 valence electrons. The van der Waals surface area contributed by atoms with Crippen LogP contribution in [0.4, 0.5) is 8.78 Å². The van der Waals surface area contributed by atoms with Gasteiger partial charge in [-0.15, -0.1) is 0 Å². The smallest absolute Gasteiger partial charge is 0.264 e. The molecule has 0 spiro atoms. The van der Waals surface area contributed by atoms with Gasteiger partial charge in [0.1, 0.15) is 16.7 Å². The Labute approximate surface area is 203 Å². The molecule has 2 aromatic carbocycles. The summed E-state index contributed by atoms with van der Waals surface area (Å²) in [7, 11) is 0. The number of aryl methyl sites for hydroxylation is 1. The molecule has 0 bridgehead atoms. The van der Waals surface area contributed by atoms with Crippen LogP contribution >= 0.6 is 11.6 Å². The third-order valence-electron chi connectivity index (χ3n) is 6.65. The summed E-state index contributed by atoms with van der Waals surface area (Å²) in [6.07, 6.45) is 0.868. The monoisotopic (exact) mass is 501 g/mol. The van der Waals surface area contributed by atoms with Crippen molar-refractivity contribution in [1.29, 1.82) is 0 Å². The second-order valence-electron chi connectivity index (χ2n) is 8.87. The minimum absolute atomic E-state index is 0.0426. The summed E-state index contributed by atoms with van der Waals surface area (Å²) in [6.45, 7) is 1.67. The molecule has 0 aliphatic heterocycles. The van der Waals surface area contributed by atoms with E-state index in [2.05, 4.69) is 10.5 Å². The van der Waals surface area contributed by atoms with E-state index in [9.17, 15) is 23.5 Å². The van der Waals surface area contributed by atoms with E-state index < -0.39 is 23.6 Å². The zero-order valence-corrected chi connectivity index (χ0v) is 19.5. The molecular formula is C25H22ClF2N3O4. The molecule has 10 heteroatoms. The molecule has 5 rings (SSSR count). The van der Waals surface area contributed by atoms with Crippen LogP contribution < -0.4 is 10.9 Å². The van der Waals surface area contributed by atoms with Crippen LogP contribution in [0.5, 0.6) is 0 Å². The van der Waals surface area contributed by atoms with Gasteiger partial charge >= 0.3 is 0 Å². The minimum Gasteiger partial charge on any atom is -0.378 e. The maximum absolute atomic E-state index is 13.5. The van der Waals surface area contributed by atoms with E-state index in [-0.39, 0.29) is 23.2 Å². The van der Waals surface area contributed by atoms with Crippen LogP contribution in [-0.2, 0) is 4.79 Å². The first-order valence-corrected chi connectivity index (χ1v) is 11.7. The van der Waals surface area contributed by atoms with Gasteiger partial charge in [-0.25, -0.2) is 8.78 Å². The Morgan fingerprint density at radius 3 is 2.80 bits per heavy atom. The first-order valence-electron chi connectivity index (χ1n) is 11.3. The number of hydrogen-bond acceptors (Lipinski definition) is 5. The molecule has 2 aromatic heterocycles. The molecule has 2 heterocycles. The zero-order chi connectivity index (χ0) is 24.9. The quantitative estimate of drug-likeness (QED) is 0.422. The second kappa shape index (κ2) is 9.05. The van der Waals surface area contributed by atoms with Gasteiger partial charge in [0.2, 0.25) is 0 Å². The van der Waals surface area contributed by atoms with Crippen molar-refractivity contribution in [2.24, 2.45) is 0 Å². The molecule has 1 amide bonds. The third-order valence-corrected chi connectivity index (χ3v) is 6.96. The maximum Gasteiger partial charge on any atom is 0.264 e. The molecule has 1 saturated carbocycles. The van der Waals surface area contributed by atoms with Crippen molar-refractivity contribution in [3.63, 3.8) is 0 Å². The first kappa shape index (κ1) is 23.4. The number of amides is 1. The van der Waals surface area contributed by atoms with Crippen molar-refractivity contribution in [1.82, 2.24) is 15.0 Å². The summed E-state index contributed by atoms with van der Waals surface area (Å²) >= 11 is 6.49. The number of pyridine rings is 1. The number of rotatable bonds is 4. The number of nitrogens with one attached hydrogen (secondary N) is 1. The van der Waals surface area contributed by atoms with Crippen LogP contribution in [0.3, 0.4) is 0 Å². The molecule has 35 heavy (non-hydrogen) atoms. The average Bonchev–Trinajstić information content (AvgIpc) is 3.22. The second-order valence-corrected chi connectivity index (χ2v) is 9.28. The number of aromatic nitrogens is 2. The third kappa shape index (κ3) is 4.08. The van der Waals surface area contributed by atoms with E-state index in [1.807, 2.05) is 0 Å². The number of carbonyl (C=O) groups excluding carboxylic acids is 1. The fourth-order valence-electron chi connectivity index (χ4n) is 4.98. The lowest BCUT2D eigenvalue weighted by molar-refractivity contribution is -0.130. The number of fused-ring (bicyclic) bond motifs is 3. The summed E-state index contributed by atoms with van der Waals surface area (Å²) in [6, 6.07) is 7.55. The fourth-order valence-corrected chi connectivity index (χ4v) is 5.24. The van der Waals surface area contributed by atoms with Crippen LogP contribution in [0.25, 0.3) is 21.8 Å². The fraction of sp³-hybridized carbons (Fsp3) is 0.320. The number of hydrogen-bond donors (Lipinski definition) is 2. The van der Waals surface area contributed by atoms with Crippen molar-refractivity contribution >= 4 is 39.3 Å². The molecule has 0 radical (unpaired) electrons. The molecular weight excluding hydrogens is 480 g/mol.